The van der Waals surface area contributed by atoms with Gasteiger partial charge in [-0.05, 0) is 52.3 Å². The topological polar surface area (TPSA) is 107 Å². The van der Waals surface area contributed by atoms with Crippen molar-refractivity contribution in [3.63, 3.8) is 0 Å². The maximum Gasteiger partial charge on any atom is 0.340 e. The van der Waals surface area contributed by atoms with E-state index in [1.165, 1.54) is 12.1 Å². The summed E-state index contributed by atoms with van der Waals surface area (Å²) < 4.78 is 30.0. The van der Waals surface area contributed by atoms with Crippen molar-refractivity contribution in [3.8, 4) is 5.75 Å². The van der Waals surface area contributed by atoms with Gasteiger partial charge in [0.05, 0.1) is 23.1 Å². The lowest BCUT2D eigenvalue weighted by atomic mass is 10.1. The first-order valence-corrected chi connectivity index (χ1v) is 10.9. The van der Waals surface area contributed by atoms with Crippen LogP contribution in [0.1, 0.15) is 64.9 Å². The lowest BCUT2D eigenvalue weighted by molar-refractivity contribution is 0.0525. The number of para-hydroxylation sites is 1. The van der Waals surface area contributed by atoms with E-state index in [9.17, 15) is 14.0 Å². The van der Waals surface area contributed by atoms with E-state index in [4.69, 9.17) is 13.9 Å². The average molecular weight is 462 g/mol. The zero-order valence-corrected chi connectivity index (χ0v) is 19.2. The van der Waals surface area contributed by atoms with Gasteiger partial charge in [0.15, 0.2) is 23.5 Å². The van der Waals surface area contributed by atoms with E-state index in [1.54, 1.807) is 46.8 Å². The van der Waals surface area contributed by atoms with E-state index in [0.29, 0.717) is 22.5 Å². The van der Waals surface area contributed by atoms with Crippen molar-refractivity contribution >= 4 is 23.5 Å². The molecule has 10 heteroatoms. The quantitative estimate of drug-likeness (QED) is 0.274. The van der Waals surface area contributed by atoms with Crippen molar-refractivity contribution in [2.75, 3.05) is 6.61 Å². The molecule has 0 saturated heterocycles. The van der Waals surface area contributed by atoms with Crippen LogP contribution in [-0.4, -0.2) is 38.8 Å². The van der Waals surface area contributed by atoms with Crippen LogP contribution >= 0.6 is 11.8 Å². The largest absolute Gasteiger partial charge is 0.478 e. The Bertz CT molecular complexity index is 1130. The highest BCUT2D eigenvalue weighted by molar-refractivity contribution is 8.00. The van der Waals surface area contributed by atoms with Gasteiger partial charge < -0.3 is 18.9 Å². The van der Waals surface area contributed by atoms with E-state index < -0.39 is 23.1 Å². The number of benzene rings is 1. The molecule has 3 rings (SSSR count). The monoisotopic (exact) mass is 461 g/mol. The molecule has 0 unspecified atom stereocenters. The number of thioether (sulfide) groups is 1. The summed E-state index contributed by atoms with van der Waals surface area (Å²) >= 11 is 1.08. The van der Waals surface area contributed by atoms with E-state index >= 15 is 0 Å². The number of esters is 1. The third-order valence-electron chi connectivity index (χ3n) is 4.72. The van der Waals surface area contributed by atoms with Crippen LogP contribution in [0.15, 0.2) is 33.9 Å². The van der Waals surface area contributed by atoms with Gasteiger partial charge in [-0.2, -0.15) is 0 Å². The Balaban J connectivity index is 1.69. The molecular formula is C22H24FN3O5S. The second-order valence-corrected chi connectivity index (χ2v) is 8.36. The number of halogens is 1. The molecule has 32 heavy (non-hydrogen) atoms. The van der Waals surface area contributed by atoms with E-state index in [2.05, 4.69) is 15.2 Å². The Labute approximate surface area is 188 Å². The molecule has 0 radical (unpaired) electrons. The fourth-order valence-corrected chi connectivity index (χ4v) is 3.88. The first-order chi connectivity index (χ1) is 15.2. The number of aryl methyl sites for hydroxylation is 1. The standard InChI is InChI=1S/C22H24FN3O5S/c1-6-29-21(28)17-11(2)18(24-12(17)3)19(27)14(5)32-22-26-25-20(31-22)13(4)30-16-10-8-7-9-15(16)23/h7-10,13-14,24H,6H2,1-5H3/t13-,14+/m1/s1. The lowest BCUT2D eigenvalue weighted by Crippen LogP contribution is -2.15. The minimum atomic E-state index is -0.680. The molecular weight excluding hydrogens is 437 g/mol. The molecule has 3 aromatic rings. The summed E-state index contributed by atoms with van der Waals surface area (Å²) in [7, 11) is 0. The van der Waals surface area contributed by atoms with E-state index in [-0.39, 0.29) is 29.3 Å². The highest BCUT2D eigenvalue weighted by atomic mass is 32.2. The number of ketones is 1. The lowest BCUT2D eigenvalue weighted by Gasteiger charge is -2.11. The predicted molar refractivity (Wildman–Crippen MR) is 116 cm³/mol. The molecule has 0 aliphatic carbocycles. The van der Waals surface area contributed by atoms with Crippen LogP contribution in [0.2, 0.25) is 0 Å². The molecule has 2 atom stereocenters. The fraction of sp³-hybridized carbons (Fsp3) is 0.364. The number of rotatable bonds is 9. The Morgan fingerprint density at radius 1 is 1.22 bits per heavy atom. The van der Waals surface area contributed by atoms with Crippen LogP contribution in [0.4, 0.5) is 4.39 Å². The molecule has 0 amide bonds. The van der Waals surface area contributed by atoms with Crippen LogP contribution in [-0.2, 0) is 4.74 Å². The smallest absolute Gasteiger partial charge is 0.340 e. The molecule has 1 N–H and O–H groups in total. The number of aromatic amines is 1. The molecule has 0 bridgehead atoms. The van der Waals surface area contributed by atoms with Crippen LogP contribution in [0.25, 0.3) is 0 Å². The molecule has 0 saturated carbocycles. The van der Waals surface area contributed by atoms with Gasteiger partial charge in [0.2, 0.25) is 0 Å². The first kappa shape index (κ1) is 23.5. The summed E-state index contributed by atoms with van der Waals surface area (Å²) in [5, 5.41) is 7.50. The predicted octanol–water partition coefficient (Wildman–Crippen LogP) is 4.83. The number of ether oxygens (including phenoxy) is 2. The third-order valence-corrected chi connectivity index (χ3v) is 5.65. The minimum absolute atomic E-state index is 0.0749. The maximum absolute atomic E-state index is 13.8. The summed E-state index contributed by atoms with van der Waals surface area (Å²) in [5.74, 6) is -0.950. The van der Waals surface area contributed by atoms with Gasteiger partial charge in [0.25, 0.3) is 11.1 Å². The molecule has 0 spiro atoms. The van der Waals surface area contributed by atoms with Crippen molar-refractivity contribution in [2.24, 2.45) is 0 Å². The van der Waals surface area contributed by atoms with Crippen molar-refractivity contribution in [1.29, 1.82) is 0 Å². The van der Waals surface area contributed by atoms with Crippen molar-refractivity contribution in [2.45, 2.75) is 51.2 Å². The van der Waals surface area contributed by atoms with Gasteiger partial charge in [-0.15, -0.1) is 10.2 Å². The Morgan fingerprint density at radius 2 is 1.94 bits per heavy atom. The summed E-state index contributed by atoms with van der Waals surface area (Å²) in [6, 6.07) is 6.02. The number of H-pyrrole nitrogens is 1. The second-order valence-electron chi connectivity index (χ2n) is 7.07. The molecule has 8 nitrogen and oxygen atoms in total. The Kier molecular flexibility index (Phi) is 7.34. The van der Waals surface area contributed by atoms with E-state index in [0.717, 1.165) is 11.8 Å². The summed E-state index contributed by atoms with van der Waals surface area (Å²) in [4.78, 5) is 28.1. The SMILES string of the molecule is CCOC(=O)c1c(C)[nH]c(C(=O)[C@H](C)Sc2nnc([C@@H](C)Oc3ccccc3F)o2)c1C. The number of nitrogens with one attached hydrogen (secondary N) is 1. The van der Waals surface area contributed by atoms with Crippen LogP contribution in [0.3, 0.4) is 0 Å². The molecule has 2 aromatic heterocycles. The van der Waals surface area contributed by atoms with Gasteiger partial charge in [-0.1, -0.05) is 23.9 Å². The number of carbonyl (C=O) groups is 2. The number of nitrogens with zero attached hydrogens (tertiary/aromatic N) is 2. The van der Waals surface area contributed by atoms with Gasteiger partial charge in [0.1, 0.15) is 0 Å². The summed E-state index contributed by atoms with van der Waals surface area (Å²) in [5.41, 5.74) is 1.81. The summed E-state index contributed by atoms with van der Waals surface area (Å²) in [6.07, 6.45) is -0.680. The van der Waals surface area contributed by atoms with Gasteiger partial charge in [-0.3, -0.25) is 4.79 Å². The molecule has 1 aromatic carbocycles. The van der Waals surface area contributed by atoms with Crippen LogP contribution in [0.5, 0.6) is 5.75 Å². The number of Topliss-reactive ketones (excluding diaryl/α,β-unsaturated/α-hetero) is 1. The normalized spacial score (nSPS) is 12.9. The number of hydrogen-bond acceptors (Lipinski definition) is 8. The number of carbonyl (C=O) groups excluding carboxylic acids is 2. The van der Waals surface area contributed by atoms with Crippen LogP contribution in [0, 0.1) is 19.7 Å². The maximum atomic E-state index is 13.8. The molecule has 2 heterocycles. The molecule has 0 aliphatic rings. The number of hydrogen-bond donors (Lipinski definition) is 1. The minimum Gasteiger partial charge on any atom is -0.478 e. The first-order valence-electron chi connectivity index (χ1n) is 10.0. The Morgan fingerprint density at radius 3 is 2.62 bits per heavy atom. The zero-order chi connectivity index (χ0) is 23.4. The van der Waals surface area contributed by atoms with E-state index in [1.807, 2.05) is 0 Å². The third kappa shape index (κ3) is 5.01. The average Bonchev–Trinajstić information content (AvgIpc) is 3.33. The Hall–Kier alpha value is -3.14. The summed E-state index contributed by atoms with van der Waals surface area (Å²) in [6.45, 7) is 8.75. The van der Waals surface area contributed by atoms with Gasteiger partial charge in [-0.25, -0.2) is 9.18 Å². The highest BCUT2D eigenvalue weighted by Gasteiger charge is 2.28. The van der Waals surface area contributed by atoms with Gasteiger partial charge >= 0.3 is 5.97 Å². The van der Waals surface area contributed by atoms with Crippen molar-refractivity contribution in [1.82, 2.24) is 15.2 Å². The molecule has 170 valence electrons. The highest BCUT2D eigenvalue weighted by Crippen LogP contribution is 2.30. The fourth-order valence-electron chi connectivity index (χ4n) is 3.13. The van der Waals surface area contributed by atoms with Crippen molar-refractivity contribution in [3.05, 3.63) is 58.5 Å². The van der Waals surface area contributed by atoms with Crippen molar-refractivity contribution < 1.29 is 27.9 Å². The second kappa shape index (κ2) is 9.99. The van der Waals surface area contributed by atoms with Gasteiger partial charge in [0, 0.05) is 5.69 Å². The zero-order valence-electron chi connectivity index (χ0n) is 18.4. The molecule has 0 aliphatic heterocycles. The number of aromatic nitrogens is 3. The molecule has 0 fully saturated rings. The van der Waals surface area contributed by atoms with Crippen LogP contribution < -0.4 is 4.74 Å².